The number of nitrogens with one attached hydrogen (secondary N) is 1. The molecule has 0 unspecified atom stereocenters. The lowest BCUT2D eigenvalue weighted by molar-refractivity contribution is 0.660. The Kier molecular flexibility index (Phi) is 11.9. The van der Waals surface area contributed by atoms with E-state index in [1.54, 1.807) is 0 Å². The summed E-state index contributed by atoms with van der Waals surface area (Å²) in [7, 11) is 0. The Morgan fingerprint density at radius 1 is 0.253 bits per heavy atom. The van der Waals surface area contributed by atoms with Crippen LogP contribution in [0.3, 0.4) is 0 Å². The highest BCUT2D eigenvalue weighted by Crippen LogP contribution is 2.58. The van der Waals surface area contributed by atoms with Crippen molar-refractivity contribution < 1.29 is 0 Å². The molecule has 15 aromatic carbocycles. The zero-order valence-corrected chi connectivity index (χ0v) is 50.6. The second kappa shape index (κ2) is 20.5. The van der Waals surface area contributed by atoms with Gasteiger partial charge in [0, 0.05) is 61.3 Å². The van der Waals surface area contributed by atoms with Gasteiger partial charge in [0.05, 0.1) is 5.41 Å². The van der Waals surface area contributed by atoms with E-state index in [4.69, 9.17) is 0 Å². The van der Waals surface area contributed by atoms with Crippen LogP contribution in [0, 0.1) is 0 Å². The minimum Gasteiger partial charge on any atom is -0.355 e. The van der Waals surface area contributed by atoms with E-state index < -0.39 is 5.41 Å². The first kappa shape index (κ1) is 52.6. The molecule has 1 N–H and O–H groups in total. The summed E-state index contributed by atoms with van der Waals surface area (Å²) in [5, 5.41) is 9.50. The molecule has 0 fully saturated rings. The van der Waals surface area contributed by atoms with Crippen LogP contribution in [-0.2, 0) is 10.8 Å². The van der Waals surface area contributed by atoms with Crippen molar-refractivity contribution in [1.82, 2.24) is 4.98 Å². The molecule has 0 bridgehead atoms. The number of anilines is 6. The summed E-state index contributed by atoms with van der Waals surface area (Å²) in [6.45, 7) is 4.75. The quantitative estimate of drug-likeness (QED) is 0.138. The largest absolute Gasteiger partial charge is 0.355 e. The third kappa shape index (κ3) is 8.07. The number of H-pyrrole nitrogens is 1. The fraction of sp³-hybridized carbons (Fsp3) is 0.0455. The van der Waals surface area contributed by atoms with Gasteiger partial charge >= 0.3 is 0 Å². The second-order valence-electron chi connectivity index (χ2n) is 25.2. The van der Waals surface area contributed by atoms with Crippen molar-refractivity contribution in [2.75, 3.05) is 9.80 Å². The van der Waals surface area contributed by atoms with Gasteiger partial charge in [0.25, 0.3) is 0 Å². The van der Waals surface area contributed by atoms with Gasteiger partial charge in [-0.05, 0) is 207 Å². The Hall–Kier alpha value is -11.5. The van der Waals surface area contributed by atoms with E-state index in [1.807, 2.05) is 0 Å². The van der Waals surface area contributed by atoms with Crippen LogP contribution in [0.15, 0.2) is 328 Å². The Morgan fingerprint density at radius 3 is 1.32 bits per heavy atom. The fourth-order valence-corrected chi connectivity index (χ4v) is 15.9. The van der Waals surface area contributed by atoms with Crippen molar-refractivity contribution in [1.29, 1.82) is 0 Å². The fourth-order valence-electron chi connectivity index (χ4n) is 15.9. The second-order valence-corrected chi connectivity index (χ2v) is 25.2. The van der Waals surface area contributed by atoms with Gasteiger partial charge < -0.3 is 14.8 Å². The van der Waals surface area contributed by atoms with Gasteiger partial charge in [-0.3, -0.25) is 0 Å². The maximum atomic E-state index is 3.75. The molecular weight excluding hydrogens is 1100 g/mol. The van der Waals surface area contributed by atoms with E-state index in [9.17, 15) is 0 Å². The Balaban J connectivity index is 0.918. The molecule has 16 aromatic rings. The molecular formula is C88H61N3. The lowest BCUT2D eigenvalue weighted by atomic mass is 9.67. The van der Waals surface area contributed by atoms with E-state index in [-0.39, 0.29) is 5.41 Å². The molecule has 3 heteroatoms. The minimum atomic E-state index is -0.572. The molecule has 0 radical (unpaired) electrons. The highest BCUT2D eigenvalue weighted by atomic mass is 15.1. The van der Waals surface area contributed by atoms with Crippen molar-refractivity contribution in [3.63, 3.8) is 0 Å². The molecule has 0 amide bonds. The molecule has 1 aromatic heterocycles. The predicted molar refractivity (Wildman–Crippen MR) is 383 cm³/mol. The molecule has 2 aliphatic carbocycles. The summed E-state index contributed by atoms with van der Waals surface area (Å²) in [5.41, 5.74) is 25.6. The van der Waals surface area contributed by atoms with Crippen LogP contribution in [0.2, 0.25) is 0 Å². The van der Waals surface area contributed by atoms with E-state index >= 15 is 0 Å². The van der Waals surface area contributed by atoms with Gasteiger partial charge in [-0.25, -0.2) is 0 Å². The van der Waals surface area contributed by atoms with Crippen molar-refractivity contribution in [3.8, 4) is 44.5 Å². The summed E-state index contributed by atoms with van der Waals surface area (Å²) in [6, 6.07) is 123. The van der Waals surface area contributed by atoms with Crippen LogP contribution in [0.25, 0.3) is 98.6 Å². The standard InChI is InChI=1S/C88H61N3/c1-87(2)79-36-20-17-33-69(79)71-46-42-67(55-81(71)87)90(63-29-11-5-12-30-63)65-44-48-74-78(54-65)86(60-41-50-84-76(52-60)73-35-19-22-38-83(73)89-84)75-49-45-66(53-77(75)85(74)59-40-39-57-23-15-16-24-58(57)51-59)91(64-31-13-6-14-32-64)68-43-47-72-70-34-18-21-37-80(70)88(82(72)56-68,61-25-7-3-8-26-61)62-27-9-4-10-28-62/h3-56,89H,1-2H3. The highest BCUT2D eigenvalue weighted by molar-refractivity contribution is 6.24. The number of hydrogen-bond donors (Lipinski definition) is 1. The summed E-state index contributed by atoms with van der Waals surface area (Å²) in [6.07, 6.45) is 0. The predicted octanol–water partition coefficient (Wildman–Crippen LogP) is 23.7. The van der Waals surface area contributed by atoms with Gasteiger partial charge in [-0.1, -0.05) is 244 Å². The summed E-state index contributed by atoms with van der Waals surface area (Å²) >= 11 is 0. The van der Waals surface area contributed by atoms with Gasteiger partial charge in [-0.15, -0.1) is 0 Å². The topological polar surface area (TPSA) is 22.3 Å². The molecule has 3 nitrogen and oxygen atoms in total. The van der Waals surface area contributed by atoms with Crippen molar-refractivity contribution in [3.05, 3.63) is 361 Å². The van der Waals surface area contributed by atoms with E-state index in [1.165, 1.54) is 110 Å². The van der Waals surface area contributed by atoms with Crippen LogP contribution in [0.1, 0.15) is 47.2 Å². The summed E-state index contributed by atoms with van der Waals surface area (Å²) in [4.78, 5) is 8.69. The van der Waals surface area contributed by atoms with E-state index in [0.29, 0.717) is 0 Å². The number of aromatic nitrogens is 1. The molecule has 0 atom stereocenters. The number of hydrogen-bond acceptors (Lipinski definition) is 2. The van der Waals surface area contributed by atoms with Gasteiger partial charge in [-0.2, -0.15) is 0 Å². The number of rotatable bonds is 10. The average Bonchev–Trinajstić information content (AvgIpc) is 1.64. The monoisotopic (exact) mass is 1160 g/mol. The average molecular weight is 1160 g/mol. The molecule has 91 heavy (non-hydrogen) atoms. The first-order valence-electron chi connectivity index (χ1n) is 31.7. The zero-order chi connectivity index (χ0) is 60.4. The Labute approximate surface area is 530 Å². The first-order valence-corrected chi connectivity index (χ1v) is 31.7. The SMILES string of the molecule is CC1(C)c2ccccc2-c2ccc(N(c3ccccc3)c3ccc4c(-c5ccc6ccccc6c5)c5cc(N(c6ccccc6)c6ccc7c(c6)C(c6ccccc6)(c6ccccc6)c6ccccc6-7)ccc5c(-c5ccc6[nH]c7ccccc7c6c5)c4c3)cc21. The molecule has 0 saturated carbocycles. The van der Waals surface area contributed by atoms with Crippen molar-refractivity contribution in [2.24, 2.45) is 0 Å². The van der Waals surface area contributed by atoms with Crippen LogP contribution in [0.4, 0.5) is 34.1 Å². The van der Waals surface area contributed by atoms with Crippen molar-refractivity contribution >= 4 is 88.2 Å². The van der Waals surface area contributed by atoms with Gasteiger partial charge in [0.2, 0.25) is 0 Å². The maximum absolute atomic E-state index is 3.75. The van der Waals surface area contributed by atoms with Crippen LogP contribution in [-0.4, -0.2) is 4.98 Å². The van der Waals surface area contributed by atoms with E-state index in [2.05, 4.69) is 356 Å². The zero-order valence-electron chi connectivity index (χ0n) is 50.6. The van der Waals surface area contributed by atoms with Gasteiger partial charge in [0.15, 0.2) is 0 Å². The summed E-state index contributed by atoms with van der Waals surface area (Å²) in [5.74, 6) is 0. The van der Waals surface area contributed by atoms with Crippen LogP contribution in [0.5, 0.6) is 0 Å². The number of benzene rings is 15. The number of aromatic amines is 1. The lowest BCUT2D eigenvalue weighted by Gasteiger charge is -2.35. The van der Waals surface area contributed by atoms with Crippen LogP contribution >= 0.6 is 0 Å². The molecule has 0 saturated heterocycles. The van der Waals surface area contributed by atoms with Crippen molar-refractivity contribution in [2.45, 2.75) is 24.7 Å². The lowest BCUT2D eigenvalue weighted by Crippen LogP contribution is -2.28. The first-order chi connectivity index (χ1) is 44.9. The minimum absolute atomic E-state index is 0.175. The third-order valence-electron chi connectivity index (χ3n) is 20.0. The van der Waals surface area contributed by atoms with Crippen LogP contribution < -0.4 is 9.80 Å². The van der Waals surface area contributed by atoms with E-state index in [0.717, 1.165) is 56.3 Å². The molecule has 428 valence electrons. The molecule has 0 spiro atoms. The molecule has 1 heterocycles. The number of fused-ring (bicyclic) bond motifs is 12. The Morgan fingerprint density at radius 2 is 0.692 bits per heavy atom. The maximum Gasteiger partial charge on any atom is 0.0714 e. The molecule has 0 aliphatic heterocycles. The number of nitrogens with zero attached hydrogens (tertiary/aromatic N) is 2. The van der Waals surface area contributed by atoms with Gasteiger partial charge in [0.1, 0.15) is 0 Å². The third-order valence-corrected chi connectivity index (χ3v) is 20.0. The molecule has 2 aliphatic rings. The Bertz CT molecular complexity index is 5530. The smallest absolute Gasteiger partial charge is 0.0714 e. The summed E-state index contributed by atoms with van der Waals surface area (Å²) < 4.78 is 0. The normalized spacial score (nSPS) is 13.3. The highest BCUT2D eigenvalue weighted by Gasteiger charge is 2.46. The number of para-hydroxylation sites is 3. The molecule has 18 rings (SSSR count).